The number of halogens is 1. The molecule has 0 saturated carbocycles. The lowest BCUT2D eigenvalue weighted by Gasteiger charge is -2.19. The SMILES string of the molecule is O=S(=O)(c1ccc(CCl)cn1)N1CCCCCC1. The van der Waals surface area contributed by atoms with Crippen LogP contribution in [0.2, 0.25) is 0 Å². The van der Waals surface area contributed by atoms with E-state index >= 15 is 0 Å². The Morgan fingerprint density at radius 2 is 1.83 bits per heavy atom. The molecule has 0 unspecified atom stereocenters. The summed E-state index contributed by atoms with van der Waals surface area (Å²) in [7, 11) is -3.43. The van der Waals surface area contributed by atoms with Gasteiger partial charge in [0.15, 0.2) is 5.03 Å². The highest BCUT2D eigenvalue weighted by atomic mass is 35.5. The Morgan fingerprint density at radius 3 is 2.33 bits per heavy atom. The Morgan fingerprint density at radius 1 is 1.17 bits per heavy atom. The van der Waals surface area contributed by atoms with Crippen LogP contribution in [0.1, 0.15) is 31.2 Å². The van der Waals surface area contributed by atoms with Crippen molar-refractivity contribution >= 4 is 21.6 Å². The Kier molecular flexibility index (Phi) is 4.59. The lowest BCUT2D eigenvalue weighted by atomic mass is 10.2. The zero-order chi connectivity index (χ0) is 13.0. The van der Waals surface area contributed by atoms with Crippen LogP contribution >= 0.6 is 11.6 Å². The average molecular weight is 289 g/mol. The van der Waals surface area contributed by atoms with Gasteiger partial charge in [-0.1, -0.05) is 18.9 Å². The highest BCUT2D eigenvalue weighted by Crippen LogP contribution is 2.19. The predicted molar refractivity (Wildman–Crippen MR) is 71.0 cm³/mol. The smallest absolute Gasteiger partial charge is 0.243 e. The number of sulfonamides is 1. The molecule has 6 heteroatoms. The summed E-state index contributed by atoms with van der Waals surface area (Å²) in [6.45, 7) is 1.20. The molecule has 0 amide bonds. The van der Waals surface area contributed by atoms with Gasteiger partial charge in [0.25, 0.3) is 10.0 Å². The largest absolute Gasteiger partial charge is 0.260 e. The molecule has 0 bridgehead atoms. The van der Waals surface area contributed by atoms with Crippen molar-refractivity contribution in [1.29, 1.82) is 0 Å². The lowest BCUT2D eigenvalue weighted by molar-refractivity contribution is 0.421. The van der Waals surface area contributed by atoms with E-state index < -0.39 is 10.0 Å². The second-order valence-corrected chi connectivity index (χ2v) is 6.61. The summed E-state index contributed by atoms with van der Waals surface area (Å²) >= 11 is 5.66. The maximum atomic E-state index is 12.4. The number of pyridine rings is 1. The van der Waals surface area contributed by atoms with Gasteiger partial charge in [-0.3, -0.25) is 0 Å². The second-order valence-electron chi connectivity index (χ2n) is 4.46. The van der Waals surface area contributed by atoms with Crippen LogP contribution in [0.25, 0.3) is 0 Å². The van der Waals surface area contributed by atoms with Gasteiger partial charge in [0.2, 0.25) is 0 Å². The first-order valence-electron chi connectivity index (χ1n) is 6.15. The van der Waals surface area contributed by atoms with Gasteiger partial charge in [0, 0.05) is 25.2 Å². The molecule has 2 rings (SSSR count). The molecule has 1 fully saturated rings. The maximum absolute atomic E-state index is 12.4. The van der Waals surface area contributed by atoms with Gasteiger partial charge in [-0.25, -0.2) is 13.4 Å². The fourth-order valence-corrected chi connectivity index (χ4v) is 3.64. The molecule has 0 N–H and O–H groups in total. The molecule has 1 aromatic rings. The monoisotopic (exact) mass is 288 g/mol. The van der Waals surface area contributed by atoms with Crippen molar-refractivity contribution < 1.29 is 8.42 Å². The number of hydrogen-bond acceptors (Lipinski definition) is 3. The van der Waals surface area contributed by atoms with E-state index in [2.05, 4.69) is 4.98 Å². The molecule has 1 aliphatic rings. The summed E-state index contributed by atoms with van der Waals surface area (Å²) in [5.74, 6) is 0.344. The minimum absolute atomic E-state index is 0.123. The number of nitrogens with zero attached hydrogens (tertiary/aromatic N) is 2. The summed E-state index contributed by atoms with van der Waals surface area (Å²) in [6, 6.07) is 3.25. The Hall–Kier alpha value is -0.650. The molecule has 0 radical (unpaired) electrons. The molecule has 0 spiro atoms. The van der Waals surface area contributed by atoms with Crippen LogP contribution in [0.4, 0.5) is 0 Å². The Bertz CT molecular complexity index is 479. The minimum Gasteiger partial charge on any atom is -0.243 e. The number of rotatable bonds is 3. The van der Waals surface area contributed by atoms with Crippen LogP contribution in [0, 0.1) is 0 Å². The van der Waals surface area contributed by atoms with E-state index in [4.69, 9.17) is 11.6 Å². The van der Waals surface area contributed by atoms with Gasteiger partial charge < -0.3 is 0 Å². The summed E-state index contributed by atoms with van der Waals surface area (Å²) in [6.07, 6.45) is 5.59. The minimum atomic E-state index is -3.43. The first kappa shape index (κ1) is 13.8. The van der Waals surface area contributed by atoms with Crippen molar-refractivity contribution in [3.63, 3.8) is 0 Å². The molecule has 1 aromatic heterocycles. The maximum Gasteiger partial charge on any atom is 0.260 e. The van der Waals surface area contributed by atoms with E-state index in [-0.39, 0.29) is 5.03 Å². The van der Waals surface area contributed by atoms with E-state index in [0.717, 1.165) is 31.2 Å². The van der Waals surface area contributed by atoms with Crippen molar-refractivity contribution in [2.45, 2.75) is 36.6 Å². The fourth-order valence-electron chi connectivity index (χ4n) is 2.06. The summed E-state index contributed by atoms with van der Waals surface area (Å²) in [5, 5.41) is 0.123. The molecule has 0 aromatic carbocycles. The third-order valence-corrected chi connectivity index (χ3v) is 5.24. The van der Waals surface area contributed by atoms with E-state index in [1.165, 1.54) is 12.3 Å². The Labute approximate surface area is 113 Å². The number of alkyl halides is 1. The van der Waals surface area contributed by atoms with E-state index in [0.29, 0.717) is 19.0 Å². The Balaban J connectivity index is 2.22. The third-order valence-electron chi connectivity index (χ3n) is 3.12. The highest BCUT2D eigenvalue weighted by Gasteiger charge is 2.26. The molecule has 18 heavy (non-hydrogen) atoms. The molecule has 1 saturated heterocycles. The molecule has 0 atom stereocenters. The van der Waals surface area contributed by atoms with E-state index in [9.17, 15) is 8.42 Å². The quantitative estimate of drug-likeness (QED) is 0.803. The molecule has 2 heterocycles. The molecule has 100 valence electrons. The van der Waals surface area contributed by atoms with E-state index in [1.54, 1.807) is 10.4 Å². The van der Waals surface area contributed by atoms with Crippen molar-refractivity contribution in [2.24, 2.45) is 0 Å². The zero-order valence-electron chi connectivity index (χ0n) is 10.2. The van der Waals surface area contributed by atoms with Crippen molar-refractivity contribution in [1.82, 2.24) is 9.29 Å². The predicted octanol–water partition coefficient (Wildman–Crippen LogP) is 2.39. The van der Waals surface area contributed by atoms with Gasteiger partial charge in [-0.05, 0) is 24.5 Å². The van der Waals surface area contributed by atoms with Gasteiger partial charge >= 0.3 is 0 Å². The summed E-state index contributed by atoms with van der Waals surface area (Å²) in [5.41, 5.74) is 0.825. The normalized spacial score (nSPS) is 18.5. The van der Waals surface area contributed by atoms with Crippen molar-refractivity contribution in [3.8, 4) is 0 Å². The number of hydrogen-bond donors (Lipinski definition) is 0. The van der Waals surface area contributed by atoms with Crippen LogP contribution < -0.4 is 0 Å². The first-order valence-corrected chi connectivity index (χ1v) is 8.13. The highest BCUT2D eigenvalue weighted by molar-refractivity contribution is 7.89. The lowest BCUT2D eigenvalue weighted by Crippen LogP contribution is -2.32. The molecular formula is C12H17ClN2O2S. The third kappa shape index (κ3) is 3.02. The standard InChI is InChI=1S/C12H17ClN2O2S/c13-9-11-5-6-12(14-10-11)18(16,17)15-7-3-1-2-4-8-15/h5-6,10H,1-4,7-9H2. The van der Waals surface area contributed by atoms with Crippen LogP contribution in [0.15, 0.2) is 23.4 Å². The summed E-state index contributed by atoms with van der Waals surface area (Å²) < 4.78 is 26.3. The number of aromatic nitrogens is 1. The molecular weight excluding hydrogens is 272 g/mol. The second kappa shape index (κ2) is 5.99. The van der Waals surface area contributed by atoms with Gasteiger partial charge in [0.1, 0.15) is 0 Å². The first-order chi connectivity index (χ1) is 8.64. The van der Waals surface area contributed by atoms with Gasteiger partial charge in [-0.15, -0.1) is 11.6 Å². The topological polar surface area (TPSA) is 50.3 Å². The van der Waals surface area contributed by atoms with Gasteiger partial charge in [0.05, 0.1) is 0 Å². The van der Waals surface area contributed by atoms with E-state index in [1.807, 2.05) is 0 Å². The van der Waals surface area contributed by atoms with Gasteiger partial charge in [-0.2, -0.15) is 4.31 Å². The van der Waals surface area contributed by atoms with Crippen molar-refractivity contribution in [2.75, 3.05) is 13.1 Å². The van der Waals surface area contributed by atoms with Crippen LogP contribution in [0.5, 0.6) is 0 Å². The average Bonchev–Trinajstić information content (AvgIpc) is 2.68. The van der Waals surface area contributed by atoms with Crippen LogP contribution in [0.3, 0.4) is 0 Å². The molecule has 4 nitrogen and oxygen atoms in total. The summed E-state index contributed by atoms with van der Waals surface area (Å²) in [4.78, 5) is 4.01. The fraction of sp³-hybridized carbons (Fsp3) is 0.583. The van der Waals surface area contributed by atoms with Crippen LogP contribution in [-0.2, 0) is 15.9 Å². The van der Waals surface area contributed by atoms with Crippen LogP contribution in [-0.4, -0.2) is 30.8 Å². The molecule has 1 aliphatic heterocycles. The molecule has 0 aliphatic carbocycles. The zero-order valence-corrected chi connectivity index (χ0v) is 11.8. The van der Waals surface area contributed by atoms with Crippen molar-refractivity contribution in [3.05, 3.63) is 23.9 Å².